The van der Waals surface area contributed by atoms with Crippen molar-refractivity contribution in [3.63, 3.8) is 0 Å². The van der Waals surface area contributed by atoms with E-state index in [2.05, 4.69) is 97.9 Å². The zero-order valence-electron chi connectivity index (χ0n) is 21.8. The van der Waals surface area contributed by atoms with Crippen molar-refractivity contribution < 1.29 is 13.9 Å². The van der Waals surface area contributed by atoms with Crippen molar-refractivity contribution >= 4 is 8.60 Å². The van der Waals surface area contributed by atoms with Crippen molar-refractivity contribution in [1.82, 2.24) is 0 Å². The maximum absolute atomic E-state index is 11.1. The smallest absolute Gasteiger partial charge is 0.418 e. The maximum atomic E-state index is 11.1. The average Bonchev–Trinajstić information content (AvgIpc) is 2.79. The summed E-state index contributed by atoms with van der Waals surface area (Å²) >= 11 is 0. The fourth-order valence-corrected chi connectivity index (χ4v) is 4.93. The minimum absolute atomic E-state index is 0.116. The van der Waals surface area contributed by atoms with Crippen molar-refractivity contribution in [3.8, 4) is 11.5 Å². The highest BCUT2D eigenvalue weighted by atomic mass is 31.2. The monoisotopic (exact) mass is 478 g/mol. The van der Waals surface area contributed by atoms with Crippen molar-refractivity contribution in [2.45, 2.75) is 78.1 Å². The summed E-state index contributed by atoms with van der Waals surface area (Å²) in [7, 11) is -2.20. The van der Waals surface area contributed by atoms with Crippen molar-refractivity contribution in [2.24, 2.45) is 0 Å². The van der Waals surface area contributed by atoms with Crippen LogP contribution in [-0.2, 0) is 16.2 Å². The molecule has 3 aromatic carbocycles. The highest BCUT2D eigenvalue weighted by molar-refractivity contribution is 7.41. The van der Waals surface area contributed by atoms with E-state index in [-0.39, 0.29) is 16.2 Å². The molecule has 1 atom stereocenters. The lowest BCUT2D eigenvalue weighted by atomic mass is 9.74. The molecule has 0 radical (unpaired) electrons. The fraction of sp³-hybridized carbons (Fsp3) is 0.400. The maximum Gasteiger partial charge on any atom is 0.460 e. The van der Waals surface area contributed by atoms with E-state index in [0.717, 1.165) is 23.1 Å². The van der Waals surface area contributed by atoms with Crippen LogP contribution in [0.15, 0.2) is 72.8 Å². The molecule has 0 heterocycles. The van der Waals surface area contributed by atoms with Gasteiger partial charge in [0.2, 0.25) is 0 Å². The van der Waals surface area contributed by atoms with Gasteiger partial charge in [-0.1, -0.05) is 122 Å². The first-order valence-electron chi connectivity index (χ1n) is 12.0. The van der Waals surface area contributed by atoms with Gasteiger partial charge in [-0.15, -0.1) is 0 Å². The lowest BCUT2D eigenvalue weighted by molar-refractivity contribution is 0.364. The molecule has 0 aliphatic carbocycles. The fourth-order valence-electron chi connectivity index (χ4n) is 4.21. The molecule has 0 aliphatic rings. The Morgan fingerprint density at radius 2 is 1.24 bits per heavy atom. The molecule has 0 saturated heterocycles. The van der Waals surface area contributed by atoms with Crippen LogP contribution in [0.3, 0.4) is 0 Å². The first-order chi connectivity index (χ1) is 15.9. The Balaban J connectivity index is 2.06. The Hall–Kier alpha value is -2.35. The van der Waals surface area contributed by atoms with Crippen LogP contribution >= 0.6 is 8.60 Å². The van der Waals surface area contributed by atoms with Gasteiger partial charge >= 0.3 is 8.60 Å². The summed E-state index contributed by atoms with van der Waals surface area (Å²) in [4.78, 5) is 11.1. The summed E-state index contributed by atoms with van der Waals surface area (Å²) in [6.07, 6.45) is 0.940. The lowest BCUT2D eigenvalue weighted by Crippen LogP contribution is -2.23. The van der Waals surface area contributed by atoms with Crippen LogP contribution in [0.2, 0.25) is 0 Å². The van der Waals surface area contributed by atoms with Gasteiger partial charge in [0, 0.05) is 22.1 Å². The van der Waals surface area contributed by atoms with Gasteiger partial charge in [-0.3, -0.25) is 0 Å². The summed E-state index contributed by atoms with van der Waals surface area (Å²) in [6, 6.07) is 24.6. The first kappa shape index (κ1) is 26.3. The predicted molar refractivity (Wildman–Crippen MR) is 144 cm³/mol. The summed E-state index contributed by atoms with van der Waals surface area (Å²) in [5.41, 5.74) is 3.76. The van der Waals surface area contributed by atoms with Crippen LogP contribution in [-0.4, -0.2) is 4.89 Å². The Morgan fingerprint density at radius 1 is 0.676 bits per heavy atom. The topological polar surface area (TPSA) is 38.7 Å². The Bertz CT molecular complexity index is 1100. The molecule has 182 valence electrons. The normalized spacial score (nSPS) is 13.4. The standard InChI is InChI=1S/C30H39O3P/c1-9-29(5,6)24-19-15-20-25(30(7,8)22-16-11-10-12-17-22)27(24)33-34(31)32-26-21-14-13-18-23(26)28(2,3)4/h10-21,31H,9H2,1-8H3. The molecule has 0 spiro atoms. The minimum atomic E-state index is -2.20. The third kappa shape index (κ3) is 5.65. The Morgan fingerprint density at radius 3 is 1.85 bits per heavy atom. The number of hydrogen-bond donors (Lipinski definition) is 1. The zero-order chi connectivity index (χ0) is 25.1. The van der Waals surface area contributed by atoms with Gasteiger partial charge in [-0.05, 0) is 28.9 Å². The van der Waals surface area contributed by atoms with Gasteiger partial charge < -0.3 is 13.9 Å². The first-order valence-corrected chi connectivity index (χ1v) is 13.1. The highest BCUT2D eigenvalue weighted by Gasteiger charge is 2.33. The summed E-state index contributed by atoms with van der Waals surface area (Å²) in [5, 5.41) is 0. The minimum Gasteiger partial charge on any atom is -0.418 e. The SMILES string of the molecule is CCC(C)(C)c1cccc(C(C)(C)c2ccccc2)c1OP(O)Oc1ccccc1C(C)(C)C. The molecule has 3 aromatic rings. The van der Waals surface area contributed by atoms with E-state index in [9.17, 15) is 4.89 Å². The van der Waals surface area contributed by atoms with Crippen LogP contribution in [0.25, 0.3) is 0 Å². The second kappa shape index (κ2) is 10.1. The molecule has 0 fully saturated rings. The van der Waals surface area contributed by atoms with E-state index in [4.69, 9.17) is 9.05 Å². The van der Waals surface area contributed by atoms with Crippen LogP contribution in [0.5, 0.6) is 11.5 Å². The number of benzene rings is 3. The molecule has 0 amide bonds. The average molecular weight is 479 g/mol. The molecule has 0 aromatic heterocycles. The van der Waals surface area contributed by atoms with E-state index in [1.807, 2.05) is 30.3 Å². The second-order valence-electron chi connectivity index (χ2n) is 11.1. The molecule has 3 nitrogen and oxygen atoms in total. The van der Waals surface area contributed by atoms with E-state index < -0.39 is 8.60 Å². The third-order valence-corrected chi connectivity index (χ3v) is 7.53. The van der Waals surface area contributed by atoms with Gasteiger partial charge in [-0.25, -0.2) is 0 Å². The van der Waals surface area contributed by atoms with Crippen molar-refractivity contribution in [3.05, 3.63) is 95.1 Å². The molecule has 0 saturated carbocycles. The van der Waals surface area contributed by atoms with Crippen molar-refractivity contribution in [1.29, 1.82) is 0 Å². The molecular formula is C30H39O3P. The molecular weight excluding hydrogens is 439 g/mol. The zero-order valence-corrected chi connectivity index (χ0v) is 22.7. The second-order valence-corrected chi connectivity index (χ2v) is 11.9. The van der Waals surface area contributed by atoms with Crippen LogP contribution < -0.4 is 9.05 Å². The van der Waals surface area contributed by atoms with Gasteiger partial charge in [0.05, 0.1) is 0 Å². The number of rotatable bonds is 8. The van der Waals surface area contributed by atoms with E-state index in [0.29, 0.717) is 11.5 Å². The van der Waals surface area contributed by atoms with Gasteiger partial charge in [-0.2, -0.15) is 0 Å². The molecule has 0 aliphatic heterocycles. The summed E-state index contributed by atoms with van der Waals surface area (Å²) in [6.45, 7) is 17.4. The summed E-state index contributed by atoms with van der Waals surface area (Å²) in [5.74, 6) is 1.37. The quantitative estimate of drug-likeness (QED) is 0.329. The summed E-state index contributed by atoms with van der Waals surface area (Å²) < 4.78 is 12.4. The van der Waals surface area contributed by atoms with Crippen LogP contribution in [0.1, 0.15) is 84.1 Å². The predicted octanol–water partition coefficient (Wildman–Crippen LogP) is 8.67. The lowest BCUT2D eigenvalue weighted by Gasteiger charge is -2.33. The largest absolute Gasteiger partial charge is 0.460 e. The number of hydrogen-bond acceptors (Lipinski definition) is 3. The van der Waals surface area contributed by atoms with Crippen LogP contribution in [0, 0.1) is 0 Å². The third-order valence-electron chi connectivity index (χ3n) is 6.84. The molecule has 34 heavy (non-hydrogen) atoms. The van der Waals surface area contributed by atoms with Crippen LogP contribution in [0.4, 0.5) is 0 Å². The Labute approximate surface area is 207 Å². The molecule has 4 heteroatoms. The molecule has 1 N–H and O–H groups in total. The van der Waals surface area contributed by atoms with Crippen molar-refractivity contribution in [2.75, 3.05) is 0 Å². The molecule has 0 bridgehead atoms. The van der Waals surface area contributed by atoms with Gasteiger partial charge in [0.25, 0.3) is 0 Å². The highest BCUT2D eigenvalue weighted by Crippen LogP contribution is 2.49. The van der Waals surface area contributed by atoms with Gasteiger partial charge in [0.15, 0.2) is 0 Å². The van der Waals surface area contributed by atoms with E-state index in [1.54, 1.807) is 0 Å². The Kier molecular flexibility index (Phi) is 7.80. The van der Waals surface area contributed by atoms with E-state index in [1.165, 1.54) is 5.56 Å². The van der Waals surface area contributed by atoms with Gasteiger partial charge in [0.1, 0.15) is 11.5 Å². The molecule has 1 unspecified atom stereocenters. The molecule has 3 rings (SSSR count). The van der Waals surface area contributed by atoms with E-state index >= 15 is 0 Å². The number of para-hydroxylation sites is 2.